The normalized spacial score (nSPS) is 16.3. The zero-order valence-corrected chi connectivity index (χ0v) is 23.8. The molecule has 0 bridgehead atoms. The van der Waals surface area contributed by atoms with E-state index >= 15 is 0 Å². The number of carbonyl (C=O) groups excluding carboxylic acids is 4. The van der Waals surface area contributed by atoms with Gasteiger partial charge in [-0.15, -0.1) is 0 Å². The summed E-state index contributed by atoms with van der Waals surface area (Å²) in [7, 11) is 0. The van der Waals surface area contributed by atoms with Gasteiger partial charge in [-0.2, -0.15) is 0 Å². The van der Waals surface area contributed by atoms with Crippen LogP contribution in [0.4, 0.5) is 0 Å². The van der Waals surface area contributed by atoms with E-state index in [0.29, 0.717) is 36.7 Å². The van der Waals surface area contributed by atoms with Gasteiger partial charge in [-0.05, 0) is 99.7 Å². The molecule has 1 aliphatic rings. The van der Waals surface area contributed by atoms with Crippen LogP contribution in [0.15, 0.2) is 55.1 Å². The molecule has 0 saturated heterocycles. The summed E-state index contributed by atoms with van der Waals surface area (Å²) in [6, 6.07) is 11.0. The van der Waals surface area contributed by atoms with Gasteiger partial charge in [0, 0.05) is 6.08 Å². The Bertz CT molecular complexity index is 1160. The number of unbranched alkanes of at least 4 members (excludes halogenated alkanes) is 3. The molecule has 0 aromatic heterocycles. The molecule has 0 aliphatic heterocycles. The van der Waals surface area contributed by atoms with Crippen LogP contribution < -0.4 is 14.2 Å². The van der Waals surface area contributed by atoms with Gasteiger partial charge in [0.1, 0.15) is 17.2 Å². The van der Waals surface area contributed by atoms with Crippen molar-refractivity contribution in [2.24, 2.45) is 11.8 Å². The second kappa shape index (κ2) is 17.0. The van der Waals surface area contributed by atoms with Gasteiger partial charge in [-0.1, -0.05) is 26.3 Å². The third kappa shape index (κ3) is 10.5. The van der Waals surface area contributed by atoms with E-state index in [1.54, 1.807) is 24.3 Å². The number of hydrogen-bond acceptors (Lipinski definition) is 8. The first-order valence-corrected chi connectivity index (χ1v) is 14.5. The standard InChI is InChI=1S/C33H40O8/c1-3-9-24-10-12-25(13-11-24)32(36)40-29-18-19-30(27(22-29)23-34)41-33(37)26-14-16-28(17-15-26)38-20-7-5-6-8-21-39-31(35)4-2/h4,14-19,22-25H,2-3,5-13,20-21H2,1H3. The molecule has 41 heavy (non-hydrogen) atoms. The SMILES string of the molecule is C=CC(=O)OCCCCCCOc1ccc(C(=O)Oc2ccc(OC(=O)C3CCC(CCC)CC3)cc2C=O)cc1. The summed E-state index contributed by atoms with van der Waals surface area (Å²) < 4.78 is 21.7. The maximum absolute atomic E-state index is 12.7. The lowest BCUT2D eigenvalue weighted by Gasteiger charge is -2.26. The molecular formula is C33H40O8. The highest BCUT2D eigenvalue weighted by Gasteiger charge is 2.27. The van der Waals surface area contributed by atoms with Crippen LogP contribution in [0.3, 0.4) is 0 Å². The lowest BCUT2D eigenvalue weighted by atomic mass is 9.80. The third-order valence-electron chi connectivity index (χ3n) is 7.21. The molecule has 220 valence electrons. The van der Waals surface area contributed by atoms with Crippen LogP contribution in [0, 0.1) is 11.8 Å². The summed E-state index contributed by atoms with van der Waals surface area (Å²) in [5.41, 5.74) is 0.423. The van der Waals surface area contributed by atoms with Gasteiger partial charge in [0.05, 0.1) is 30.3 Å². The number of ether oxygens (including phenoxy) is 4. The van der Waals surface area contributed by atoms with Crippen LogP contribution in [0.25, 0.3) is 0 Å². The number of esters is 3. The van der Waals surface area contributed by atoms with Gasteiger partial charge in [-0.25, -0.2) is 9.59 Å². The predicted octanol–water partition coefficient (Wildman–Crippen LogP) is 6.90. The fourth-order valence-electron chi connectivity index (χ4n) is 4.90. The lowest BCUT2D eigenvalue weighted by Crippen LogP contribution is -2.25. The molecule has 1 aliphatic carbocycles. The average Bonchev–Trinajstić information content (AvgIpc) is 2.99. The third-order valence-corrected chi connectivity index (χ3v) is 7.21. The molecule has 0 spiro atoms. The van der Waals surface area contributed by atoms with Gasteiger partial charge in [0.25, 0.3) is 0 Å². The maximum Gasteiger partial charge on any atom is 0.343 e. The minimum absolute atomic E-state index is 0.0875. The lowest BCUT2D eigenvalue weighted by molar-refractivity contribution is -0.140. The molecule has 1 saturated carbocycles. The van der Waals surface area contributed by atoms with Gasteiger partial charge < -0.3 is 18.9 Å². The van der Waals surface area contributed by atoms with Crippen molar-refractivity contribution in [2.45, 2.75) is 71.1 Å². The fraction of sp³-hybridized carbons (Fsp3) is 0.455. The van der Waals surface area contributed by atoms with Crippen molar-refractivity contribution < 1.29 is 38.1 Å². The van der Waals surface area contributed by atoms with Crippen molar-refractivity contribution in [3.05, 3.63) is 66.2 Å². The zero-order valence-electron chi connectivity index (χ0n) is 23.8. The van der Waals surface area contributed by atoms with Gasteiger partial charge in [0.2, 0.25) is 0 Å². The van der Waals surface area contributed by atoms with Crippen LogP contribution >= 0.6 is 0 Å². The van der Waals surface area contributed by atoms with E-state index in [9.17, 15) is 19.2 Å². The molecule has 2 aromatic carbocycles. The van der Waals surface area contributed by atoms with Crippen molar-refractivity contribution in [3.63, 3.8) is 0 Å². The van der Waals surface area contributed by atoms with Crippen LogP contribution in [0.2, 0.25) is 0 Å². The number of hydrogen-bond donors (Lipinski definition) is 0. The van der Waals surface area contributed by atoms with E-state index in [0.717, 1.165) is 63.9 Å². The summed E-state index contributed by atoms with van der Waals surface area (Å²) in [6.07, 6.45) is 11.3. The number of carbonyl (C=O) groups is 4. The average molecular weight is 565 g/mol. The molecule has 0 N–H and O–H groups in total. The molecule has 2 aromatic rings. The van der Waals surface area contributed by atoms with Crippen molar-refractivity contribution in [1.29, 1.82) is 0 Å². The summed E-state index contributed by atoms with van der Waals surface area (Å²) in [5, 5.41) is 0. The molecule has 3 rings (SSSR count). The highest BCUT2D eigenvalue weighted by atomic mass is 16.5. The number of aldehydes is 1. The van der Waals surface area contributed by atoms with Crippen molar-refractivity contribution in [3.8, 4) is 17.2 Å². The fourth-order valence-corrected chi connectivity index (χ4v) is 4.90. The molecular weight excluding hydrogens is 524 g/mol. The van der Waals surface area contributed by atoms with Crippen molar-refractivity contribution in [2.75, 3.05) is 13.2 Å². The minimum Gasteiger partial charge on any atom is -0.494 e. The van der Waals surface area contributed by atoms with Crippen LogP contribution in [-0.4, -0.2) is 37.4 Å². The van der Waals surface area contributed by atoms with E-state index in [-0.39, 0.29) is 28.9 Å². The quantitative estimate of drug-likeness (QED) is 0.0713. The monoisotopic (exact) mass is 564 g/mol. The van der Waals surface area contributed by atoms with E-state index in [1.807, 2.05) is 0 Å². The van der Waals surface area contributed by atoms with E-state index in [1.165, 1.54) is 24.6 Å². The second-order valence-corrected chi connectivity index (χ2v) is 10.3. The molecule has 0 heterocycles. The molecule has 0 atom stereocenters. The Kier molecular flexibility index (Phi) is 13.1. The largest absolute Gasteiger partial charge is 0.494 e. The first-order valence-electron chi connectivity index (χ1n) is 14.5. The minimum atomic E-state index is -0.620. The highest BCUT2D eigenvalue weighted by Crippen LogP contribution is 2.33. The van der Waals surface area contributed by atoms with Crippen molar-refractivity contribution in [1.82, 2.24) is 0 Å². The Hall–Kier alpha value is -3.94. The summed E-state index contributed by atoms with van der Waals surface area (Å²) in [4.78, 5) is 48.0. The smallest absolute Gasteiger partial charge is 0.343 e. The van der Waals surface area contributed by atoms with Crippen LogP contribution in [0.1, 0.15) is 91.8 Å². The highest BCUT2D eigenvalue weighted by molar-refractivity contribution is 5.93. The summed E-state index contributed by atoms with van der Waals surface area (Å²) in [6.45, 7) is 6.44. The first-order chi connectivity index (χ1) is 19.9. The van der Waals surface area contributed by atoms with E-state index in [4.69, 9.17) is 18.9 Å². The predicted molar refractivity (Wildman–Crippen MR) is 154 cm³/mol. The Balaban J connectivity index is 1.43. The zero-order chi connectivity index (χ0) is 29.5. The van der Waals surface area contributed by atoms with E-state index < -0.39 is 11.9 Å². The Morgan fingerprint density at radius 3 is 2.22 bits per heavy atom. The molecule has 0 unspecified atom stereocenters. The molecule has 8 nitrogen and oxygen atoms in total. The van der Waals surface area contributed by atoms with Crippen LogP contribution in [-0.2, 0) is 14.3 Å². The Morgan fingerprint density at radius 2 is 1.56 bits per heavy atom. The summed E-state index contributed by atoms with van der Waals surface area (Å²) in [5.74, 6) is 0.214. The molecule has 0 radical (unpaired) electrons. The van der Waals surface area contributed by atoms with Crippen molar-refractivity contribution >= 4 is 24.2 Å². The molecule has 0 amide bonds. The Labute approximate surface area is 242 Å². The van der Waals surface area contributed by atoms with Gasteiger partial charge >= 0.3 is 17.9 Å². The van der Waals surface area contributed by atoms with Gasteiger partial charge in [0.15, 0.2) is 6.29 Å². The summed E-state index contributed by atoms with van der Waals surface area (Å²) >= 11 is 0. The second-order valence-electron chi connectivity index (χ2n) is 10.3. The number of benzene rings is 2. The maximum atomic E-state index is 12.7. The number of rotatable bonds is 16. The first kappa shape index (κ1) is 31.6. The topological polar surface area (TPSA) is 105 Å². The molecule has 1 fully saturated rings. The van der Waals surface area contributed by atoms with Crippen LogP contribution in [0.5, 0.6) is 17.2 Å². The van der Waals surface area contributed by atoms with Gasteiger partial charge in [-0.3, -0.25) is 9.59 Å². The van der Waals surface area contributed by atoms with E-state index in [2.05, 4.69) is 13.5 Å². The Morgan fingerprint density at radius 1 is 0.878 bits per heavy atom. The molecule has 8 heteroatoms.